The highest BCUT2D eigenvalue weighted by Gasteiger charge is 2.40. The van der Waals surface area contributed by atoms with Gasteiger partial charge in [0.05, 0.1) is 6.10 Å². The second-order valence-corrected chi connectivity index (χ2v) is 8.40. The number of aliphatic hydroxyl groups is 1. The van der Waals surface area contributed by atoms with Crippen LogP contribution in [-0.4, -0.2) is 50.0 Å². The van der Waals surface area contributed by atoms with E-state index in [1.165, 1.54) is 19.2 Å². The number of hydrogen-bond acceptors (Lipinski definition) is 4. The van der Waals surface area contributed by atoms with Gasteiger partial charge in [0, 0.05) is 32.5 Å². The van der Waals surface area contributed by atoms with Gasteiger partial charge in [-0.2, -0.15) is 4.31 Å². The molecule has 1 saturated carbocycles. The standard InChI is InChI=1S/C16H21FN2O4S/c1-18-16(21)7-12-8-19(9-14(12)20)24(22,23)15-5-4-11(6-13(15)17)10-2-3-10/h4-6,10,12,14,20H,2-3,7-9H2,1H3,(H,18,21)/t12-,14-/m1/s1. The fraction of sp³-hybridized carbons (Fsp3) is 0.562. The molecule has 2 atom stereocenters. The lowest BCUT2D eigenvalue weighted by Gasteiger charge is -2.17. The number of halogens is 1. The molecule has 1 heterocycles. The third kappa shape index (κ3) is 3.31. The highest BCUT2D eigenvalue weighted by atomic mass is 32.2. The summed E-state index contributed by atoms with van der Waals surface area (Å²) in [4.78, 5) is 11.1. The molecule has 0 bridgehead atoms. The summed E-state index contributed by atoms with van der Waals surface area (Å²) in [5.41, 5.74) is 0.824. The van der Waals surface area contributed by atoms with Crippen molar-refractivity contribution in [1.29, 1.82) is 0 Å². The summed E-state index contributed by atoms with van der Waals surface area (Å²) in [6.07, 6.45) is 1.11. The number of hydrogen-bond donors (Lipinski definition) is 2. The molecule has 0 aromatic heterocycles. The summed E-state index contributed by atoms with van der Waals surface area (Å²) < 4.78 is 40.7. The van der Waals surface area contributed by atoms with Crippen LogP contribution in [0.5, 0.6) is 0 Å². The lowest BCUT2D eigenvalue weighted by molar-refractivity contribution is -0.122. The van der Waals surface area contributed by atoms with E-state index >= 15 is 0 Å². The monoisotopic (exact) mass is 356 g/mol. The number of benzene rings is 1. The maximum Gasteiger partial charge on any atom is 0.246 e. The van der Waals surface area contributed by atoms with Crippen LogP contribution >= 0.6 is 0 Å². The first kappa shape index (κ1) is 17.3. The number of nitrogens with one attached hydrogen (secondary N) is 1. The zero-order valence-electron chi connectivity index (χ0n) is 13.4. The van der Waals surface area contributed by atoms with Crippen molar-refractivity contribution in [1.82, 2.24) is 9.62 Å². The Bertz CT molecular complexity index is 748. The van der Waals surface area contributed by atoms with Crippen molar-refractivity contribution in [3.8, 4) is 0 Å². The Kier molecular flexibility index (Phi) is 4.63. The van der Waals surface area contributed by atoms with Crippen LogP contribution < -0.4 is 5.32 Å². The molecule has 1 saturated heterocycles. The van der Waals surface area contributed by atoms with Gasteiger partial charge in [0.2, 0.25) is 15.9 Å². The van der Waals surface area contributed by atoms with Crippen LogP contribution in [0.15, 0.2) is 23.1 Å². The maximum atomic E-state index is 14.3. The molecule has 2 N–H and O–H groups in total. The number of amides is 1. The molecule has 1 amide bonds. The molecule has 0 unspecified atom stereocenters. The molecule has 132 valence electrons. The summed E-state index contributed by atoms with van der Waals surface area (Å²) in [5.74, 6) is -1.18. The van der Waals surface area contributed by atoms with Gasteiger partial charge in [0.1, 0.15) is 10.7 Å². The fourth-order valence-corrected chi connectivity index (χ4v) is 4.65. The Morgan fingerprint density at radius 3 is 2.67 bits per heavy atom. The minimum Gasteiger partial charge on any atom is -0.391 e. The van der Waals surface area contributed by atoms with Gasteiger partial charge in [0.15, 0.2) is 0 Å². The van der Waals surface area contributed by atoms with Crippen LogP contribution in [0.1, 0.15) is 30.7 Å². The van der Waals surface area contributed by atoms with Crippen LogP contribution in [0.4, 0.5) is 4.39 Å². The summed E-state index contributed by atoms with van der Waals surface area (Å²) >= 11 is 0. The second kappa shape index (κ2) is 6.42. The summed E-state index contributed by atoms with van der Waals surface area (Å²) in [6.45, 7) is -0.130. The van der Waals surface area contributed by atoms with Crippen molar-refractivity contribution in [2.24, 2.45) is 5.92 Å². The van der Waals surface area contributed by atoms with E-state index in [0.717, 1.165) is 22.7 Å². The largest absolute Gasteiger partial charge is 0.391 e. The topological polar surface area (TPSA) is 86.7 Å². The quantitative estimate of drug-likeness (QED) is 0.818. The molecule has 3 rings (SSSR count). The van der Waals surface area contributed by atoms with E-state index in [1.54, 1.807) is 6.07 Å². The highest BCUT2D eigenvalue weighted by molar-refractivity contribution is 7.89. The minimum absolute atomic E-state index is 0.000731. The highest BCUT2D eigenvalue weighted by Crippen LogP contribution is 2.41. The lowest BCUT2D eigenvalue weighted by Crippen LogP contribution is -2.30. The van der Waals surface area contributed by atoms with E-state index in [1.807, 2.05) is 0 Å². The molecule has 2 fully saturated rings. The third-order valence-corrected chi connectivity index (χ3v) is 6.59. The maximum absolute atomic E-state index is 14.3. The van der Waals surface area contributed by atoms with Crippen molar-refractivity contribution in [3.63, 3.8) is 0 Å². The smallest absolute Gasteiger partial charge is 0.246 e. The molecule has 1 aromatic rings. The average Bonchev–Trinajstić information content (AvgIpc) is 3.31. The molecule has 8 heteroatoms. The Morgan fingerprint density at radius 2 is 2.08 bits per heavy atom. The average molecular weight is 356 g/mol. The van der Waals surface area contributed by atoms with E-state index < -0.39 is 27.9 Å². The predicted octanol–water partition coefficient (Wildman–Crippen LogP) is 0.821. The number of rotatable bonds is 5. The molecule has 0 spiro atoms. The molecule has 1 aliphatic carbocycles. The first-order valence-electron chi connectivity index (χ1n) is 8.01. The fourth-order valence-electron chi connectivity index (χ4n) is 3.09. The van der Waals surface area contributed by atoms with E-state index in [2.05, 4.69) is 5.32 Å². The number of carbonyl (C=O) groups is 1. The molecule has 6 nitrogen and oxygen atoms in total. The van der Waals surface area contributed by atoms with Crippen LogP contribution in [-0.2, 0) is 14.8 Å². The van der Waals surface area contributed by atoms with Gasteiger partial charge in [-0.15, -0.1) is 0 Å². The van der Waals surface area contributed by atoms with E-state index in [0.29, 0.717) is 5.92 Å². The number of nitrogens with zero attached hydrogens (tertiary/aromatic N) is 1. The Hall–Kier alpha value is -1.51. The van der Waals surface area contributed by atoms with Crippen molar-refractivity contribution in [2.45, 2.75) is 36.2 Å². The summed E-state index contributed by atoms with van der Waals surface area (Å²) in [5, 5.41) is 12.5. The molecular formula is C16H21FN2O4S. The predicted molar refractivity (Wildman–Crippen MR) is 85.3 cm³/mol. The van der Waals surface area contributed by atoms with Gasteiger partial charge in [0.25, 0.3) is 0 Å². The molecule has 0 radical (unpaired) electrons. The molecular weight excluding hydrogens is 335 g/mol. The molecule has 2 aliphatic rings. The Labute approximate surface area is 140 Å². The number of carbonyl (C=O) groups excluding carboxylic acids is 1. The van der Waals surface area contributed by atoms with Gasteiger partial charge in [-0.3, -0.25) is 4.79 Å². The van der Waals surface area contributed by atoms with E-state index in [4.69, 9.17) is 0 Å². The van der Waals surface area contributed by atoms with Crippen LogP contribution in [0.25, 0.3) is 0 Å². The van der Waals surface area contributed by atoms with Gasteiger partial charge >= 0.3 is 0 Å². The van der Waals surface area contributed by atoms with Crippen LogP contribution in [0, 0.1) is 11.7 Å². The van der Waals surface area contributed by atoms with Crippen LogP contribution in [0.2, 0.25) is 0 Å². The Morgan fingerprint density at radius 1 is 1.38 bits per heavy atom. The summed E-state index contributed by atoms with van der Waals surface area (Å²) in [7, 11) is -2.55. The number of aliphatic hydroxyl groups excluding tert-OH is 1. The van der Waals surface area contributed by atoms with E-state index in [-0.39, 0.29) is 30.3 Å². The van der Waals surface area contributed by atoms with Crippen molar-refractivity contribution in [3.05, 3.63) is 29.6 Å². The van der Waals surface area contributed by atoms with Crippen LogP contribution in [0.3, 0.4) is 0 Å². The number of β-amino-alcohol motifs (C(OH)–C–C–N with tert-alkyl or cyclic N) is 1. The van der Waals surface area contributed by atoms with Gasteiger partial charge in [-0.1, -0.05) is 6.07 Å². The van der Waals surface area contributed by atoms with Gasteiger partial charge in [-0.05, 0) is 36.5 Å². The van der Waals surface area contributed by atoms with Gasteiger partial charge in [-0.25, -0.2) is 12.8 Å². The van der Waals surface area contributed by atoms with Gasteiger partial charge < -0.3 is 10.4 Å². The molecule has 1 aliphatic heterocycles. The van der Waals surface area contributed by atoms with E-state index in [9.17, 15) is 22.7 Å². The van der Waals surface area contributed by atoms with Crippen molar-refractivity contribution in [2.75, 3.05) is 20.1 Å². The summed E-state index contributed by atoms with van der Waals surface area (Å²) in [6, 6.07) is 4.25. The zero-order valence-corrected chi connectivity index (χ0v) is 14.2. The molecule has 24 heavy (non-hydrogen) atoms. The van der Waals surface area contributed by atoms with Crippen molar-refractivity contribution >= 4 is 15.9 Å². The third-order valence-electron chi connectivity index (χ3n) is 4.72. The Balaban J connectivity index is 1.79. The second-order valence-electron chi connectivity index (χ2n) is 6.49. The lowest BCUT2D eigenvalue weighted by atomic mass is 10.0. The first-order chi connectivity index (χ1) is 11.3. The minimum atomic E-state index is -4.03. The normalized spacial score (nSPS) is 25.0. The first-order valence-corrected chi connectivity index (χ1v) is 9.45. The zero-order chi connectivity index (χ0) is 17.5. The SMILES string of the molecule is CNC(=O)C[C@@H]1CN(S(=O)(=O)c2ccc(C3CC3)cc2F)C[C@H]1O. The number of sulfonamides is 1. The molecule has 1 aromatic carbocycles. The van der Waals surface area contributed by atoms with Crippen molar-refractivity contribution < 1.29 is 22.7 Å².